The highest BCUT2D eigenvalue weighted by Gasteiger charge is 2.35. The zero-order valence-corrected chi connectivity index (χ0v) is 16.3. The highest BCUT2D eigenvalue weighted by atomic mass is 16.5. The second-order valence-electron chi connectivity index (χ2n) is 8.45. The number of phenols is 1. The van der Waals surface area contributed by atoms with Crippen LogP contribution in [0.4, 0.5) is 0 Å². The molecule has 1 unspecified atom stereocenters. The summed E-state index contributed by atoms with van der Waals surface area (Å²) in [6.07, 6.45) is 9.61. The van der Waals surface area contributed by atoms with Gasteiger partial charge in [-0.25, -0.2) is 0 Å². The molecule has 1 aromatic carbocycles. The van der Waals surface area contributed by atoms with Crippen LogP contribution in [0, 0.1) is 5.92 Å². The first-order valence-electron chi connectivity index (χ1n) is 9.89. The fraction of sp³-hybridized carbons (Fsp3) is 0.727. The molecule has 2 rings (SSSR count). The van der Waals surface area contributed by atoms with Gasteiger partial charge in [-0.3, -0.25) is 0 Å². The van der Waals surface area contributed by atoms with E-state index in [-0.39, 0.29) is 5.60 Å². The van der Waals surface area contributed by atoms with Gasteiger partial charge in [0.05, 0.1) is 0 Å². The van der Waals surface area contributed by atoms with Crippen LogP contribution >= 0.6 is 0 Å². The van der Waals surface area contributed by atoms with E-state index in [4.69, 9.17) is 4.74 Å². The third-order valence-electron chi connectivity index (χ3n) is 5.31. The summed E-state index contributed by atoms with van der Waals surface area (Å²) in [5.41, 5.74) is 2.11. The SMILES string of the molecule is CCCCCCCCc1cc2c(cc1O)C(C(C)C)CC(C)(C)O2. The first kappa shape index (κ1) is 19.1. The number of rotatable bonds is 8. The van der Waals surface area contributed by atoms with Gasteiger partial charge in [-0.1, -0.05) is 52.9 Å². The lowest BCUT2D eigenvalue weighted by Crippen LogP contribution is -2.36. The third kappa shape index (κ3) is 4.91. The maximum Gasteiger partial charge on any atom is 0.124 e. The van der Waals surface area contributed by atoms with Crippen molar-refractivity contribution >= 4 is 0 Å². The molecule has 0 saturated heterocycles. The maximum atomic E-state index is 10.5. The summed E-state index contributed by atoms with van der Waals surface area (Å²) in [4.78, 5) is 0. The molecule has 2 nitrogen and oxygen atoms in total. The van der Waals surface area contributed by atoms with Crippen molar-refractivity contribution in [2.75, 3.05) is 0 Å². The van der Waals surface area contributed by atoms with Crippen molar-refractivity contribution in [2.24, 2.45) is 5.92 Å². The molecular weight excluding hydrogens is 296 g/mol. The van der Waals surface area contributed by atoms with E-state index in [0.717, 1.165) is 30.6 Å². The van der Waals surface area contributed by atoms with Crippen molar-refractivity contribution in [3.8, 4) is 11.5 Å². The number of aryl methyl sites for hydroxylation is 1. The average Bonchev–Trinajstić information content (AvgIpc) is 2.50. The quantitative estimate of drug-likeness (QED) is 0.544. The summed E-state index contributed by atoms with van der Waals surface area (Å²) < 4.78 is 6.24. The lowest BCUT2D eigenvalue weighted by molar-refractivity contribution is 0.0637. The van der Waals surface area contributed by atoms with Crippen molar-refractivity contribution in [3.63, 3.8) is 0 Å². The van der Waals surface area contributed by atoms with Crippen LogP contribution in [-0.2, 0) is 6.42 Å². The Morgan fingerprint density at radius 3 is 2.46 bits per heavy atom. The molecule has 0 radical (unpaired) electrons. The van der Waals surface area contributed by atoms with Crippen LogP contribution in [0.1, 0.15) is 96.6 Å². The molecule has 0 aliphatic carbocycles. The van der Waals surface area contributed by atoms with Crippen molar-refractivity contribution in [2.45, 2.75) is 97.5 Å². The standard InChI is InChI=1S/C22H36O2/c1-6-7-8-9-10-11-12-17-13-21-18(14-20(17)23)19(16(2)3)15-22(4,5)24-21/h13-14,16,19,23H,6-12,15H2,1-5H3. The Hall–Kier alpha value is -1.18. The molecule has 24 heavy (non-hydrogen) atoms. The fourth-order valence-corrected chi connectivity index (χ4v) is 3.87. The van der Waals surface area contributed by atoms with E-state index in [1.54, 1.807) is 0 Å². The van der Waals surface area contributed by atoms with E-state index in [2.05, 4.69) is 40.7 Å². The molecule has 0 amide bonds. The number of phenolic OH excluding ortho intramolecular Hbond substituents is 1. The Labute approximate surface area is 148 Å². The molecular formula is C22H36O2. The van der Waals surface area contributed by atoms with E-state index in [9.17, 15) is 5.11 Å². The largest absolute Gasteiger partial charge is 0.508 e. The fourth-order valence-electron chi connectivity index (χ4n) is 3.87. The molecule has 0 spiro atoms. The summed E-state index contributed by atoms with van der Waals surface area (Å²) in [6, 6.07) is 4.08. The van der Waals surface area contributed by atoms with Crippen molar-refractivity contribution in [3.05, 3.63) is 23.3 Å². The molecule has 0 saturated carbocycles. The van der Waals surface area contributed by atoms with Crippen LogP contribution in [0.15, 0.2) is 12.1 Å². The monoisotopic (exact) mass is 332 g/mol. The second-order valence-corrected chi connectivity index (χ2v) is 8.45. The topological polar surface area (TPSA) is 29.5 Å². The van der Waals surface area contributed by atoms with Gasteiger partial charge in [-0.05, 0) is 62.6 Å². The molecule has 1 aliphatic rings. The van der Waals surface area contributed by atoms with E-state index >= 15 is 0 Å². The van der Waals surface area contributed by atoms with Gasteiger partial charge in [0.2, 0.25) is 0 Å². The Kier molecular flexibility index (Phi) is 6.60. The van der Waals surface area contributed by atoms with Gasteiger partial charge >= 0.3 is 0 Å². The Bertz CT molecular complexity index is 531. The van der Waals surface area contributed by atoms with E-state index in [1.807, 2.05) is 6.07 Å². The van der Waals surface area contributed by atoms with Crippen LogP contribution in [-0.4, -0.2) is 10.7 Å². The van der Waals surface area contributed by atoms with E-state index in [1.165, 1.54) is 37.7 Å². The van der Waals surface area contributed by atoms with Gasteiger partial charge in [0.25, 0.3) is 0 Å². The zero-order chi connectivity index (χ0) is 17.7. The zero-order valence-electron chi connectivity index (χ0n) is 16.3. The van der Waals surface area contributed by atoms with E-state index < -0.39 is 0 Å². The van der Waals surface area contributed by atoms with Gasteiger partial charge in [0.15, 0.2) is 0 Å². The predicted molar refractivity (Wildman–Crippen MR) is 102 cm³/mol. The van der Waals surface area contributed by atoms with Gasteiger partial charge in [-0.15, -0.1) is 0 Å². The lowest BCUT2D eigenvalue weighted by atomic mass is 9.77. The molecule has 1 atom stereocenters. The first-order valence-corrected chi connectivity index (χ1v) is 9.89. The average molecular weight is 333 g/mol. The van der Waals surface area contributed by atoms with Gasteiger partial charge in [0, 0.05) is 5.56 Å². The number of benzene rings is 1. The van der Waals surface area contributed by atoms with Gasteiger partial charge in [0.1, 0.15) is 17.1 Å². The molecule has 1 aromatic rings. The summed E-state index contributed by atoms with van der Waals surface area (Å²) in [5, 5.41) is 10.5. The summed E-state index contributed by atoms with van der Waals surface area (Å²) >= 11 is 0. The number of ether oxygens (including phenoxy) is 1. The molecule has 136 valence electrons. The van der Waals surface area contributed by atoms with Crippen molar-refractivity contribution in [1.82, 2.24) is 0 Å². The predicted octanol–water partition coefficient (Wildman–Crippen LogP) is 6.60. The molecule has 0 aromatic heterocycles. The number of unbranched alkanes of at least 4 members (excludes halogenated alkanes) is 5. The van der Waals surface area contributed by atoms with Crippen LogP contribution < -0.4 is 4.74 Å². The van der Waals surface area contributed by atoms with Crippen molar-refractivity contribution in [1.29, 1.82) is 0 Å². The number of aromatic hydroxyl groups is 1. The Morgan fingerprint density at radius 1 is 1.12 bits per heavy atom. The smallest absolute Gasteiger partial charge is 0.124 e. The molecule has 0 bridgehead atoms. The minimum atomic E-state index is -0.129. The molecule has 1 N–H and O–H groups in total. The number of hydrogen-bond donors (Lipinski definition) is 1. The van der Waals surface area contributed by atoms with E-state index in [0.29, 0.717) is 17.6 Å². The second kappa shape index (κ2) is 8.27. The summed E-state index contributed by atoms with van der Waals surface area (Å²) in [5.74, 6) is 2.45. The highest BCUT2D eigenvalue weighted by Crippen LogP contribution is 2.46. The molecule has 1 aliphatic heterocycles. The van der Waals surface area contributed by atoms with Crippen molar-refractivity contribution < 1.29 is 9.84 Å². The maximum absolute atomic E-state index is 10.5. The van der Waals surface area contributed by atoms with Crippen LogP contribution in [0.2, 0.25) is 0 Å². The minimum Gasteiger partial charge on any atom is -0.508 e. The molecule has 2 heteroatoms. The van der Waals surface area contributed by atoms with Crippen LogP contribution in [0.3, 0.4) is 0 Å². The minimum absolute atomic E-state index is 0.129. The molecule has 0 fully saturated rings. The van der Waals surface area contributed by atoms with Gasteiger partial charge < -0.3 is 9.84 Å². The Morgan fingerprint density at radius 2 is 1.79 bits per heavy atom. The first-order chi connectivity index (χ1) is 11.3. The normalized spacial score (nSPS) is 19.2. The molecule has 1 heterocycles. The summed E-state index contributed by atoms with van der Waals surface area (Å²) in [7, 11) is 0. The van der Waals surface area contributed by atoms with Gasteiger partial charge in [-0.2, -0.15) is 0 Å². The number of fused-ring (bicyclic) bond motifs is 1. The highest BCUT2D eigenvalue weighted by molar-refractivity contribution is 5.49. The summed E-state index contributed by atoms with van der Waals surface area (Å²) in [6.45, 7) is 11.1. The number of hydrogen-bond acceptors (Lipinski definition) is 2. The van der Waals surface area contributed by atoms with Crippen LogP contribution in [0.25, 0.3) is 0 Å². The van der Waals surface area contributed by atoms with Crippen LogP contribution in [0.5, 0.6) is 11.5 Å². The lowest BCUT2D eigenvalue weighted by Gasteiger charge is -2.39. The third-order valence-corrected chi connectivity index (χ3v) is 5.31. The Balaban J connectivity index is 2.08.